The Morgan fingerprint density at radius 1 is 1.10 bits per heavy atom. The summed E-state index contributed by atoms with van der Waals surface area (Å²) in [6.07, 6.45) is 12.1. The first-order valence-electron chi connectivity index (χ1n) is 6.70. The van der Waals surface area contributed by atoms with Gasteiger partial charge in [-0.3, -0.25) is 10.1 Å². The van der Waals surface area contributed by atoms with E-state index in [0.29, 0.717) is 17.0 Å². The van der Waals surface area contributed by atoms with Gasteiger partial charge in [-0.05, 0) is 37.0 Å². The van der Waals surface area contributed by atoms with Crippen LogP contribution in [0.3, 0.4) is 0 Å². The van der Waals surface area contributed by atoms with Crippen molar-refractivity contribution < 1.29 is 4.92 Å². The lowest BCUT2D eigenvalue weighted by molar-refractivity contribution is -0.379. The second kappa shape index (κ2) is 5.62. The molecule has 106 valence electrons. The quantitative estimate of drug-likeness (QED) is 0.494. The number of anilines is 2. The summed E-state index contributed by atoms with van der Waals surface area (Å²) >= 11 is 1.11. The number of aromatic nitrogens is 1. The van der Waals surface area contributed by atoms with E-state index in [-0.39, 0.29) is 16.0 Å². The van der Waals surface area contributed by atoms with Crippen molar-refractivity contribution >= 4 is 27.3 Å². The molecule has 0 saturated heterocycles. The second-order valence-corrected chi connectivity index (χ2v) is 5.98. The summed E-state index contributed by atoms with van der Waals surface area (Å²) in [6.45, 7) is 0. The Labute approximate surface area is 120 Å². The zero-order valence-corrected chi connectivity index (χ0v) is 11.7. The van der Waals surface area contributed by atoms with Crippen LogP contribution in [-0.4, -0.2) is 22.0 Å². The van der Waals surface area contributed by atoms with Crippen molar-refractivity contribution in [3.8, 4) is 0 Å². The fraction of sp³-hybridized carbons (Fsp3) is 0.462. The molecule has 7 heteroatoms. The van der Waals surface area contributed by atoms with E-state index in [4.69, 9.17) is 0 Å². The molecule has 0 saturated carbocycles. The Kier molecular flexibility index (Phi) is 3.68. The van der Waals surface area contributed by atoms with Gasteiger partial charge < -0.3 is 10.6 Å². The van der Waals surface area contributed by atoms with E-state index < -0.39 is 0 Å². The molecule has 2 aliphatic carbocycles. The van der Waals surface area contributed by atoms with Crippen molar-refractivity contribution in [2.45, 2.75) is 37.8 Å². The molecule has 1 aromatic heterocycles. The van der Waals surface area contributed by atoms with Crippen molar-refractivity contribution in [3.63, 3.8) is 0 Å². The third-order valence-electron chi connectivity index (χ3n) is 3.46. The second-order valence-electron chi connectivity index (χ2n) is 5.00. The van der Waals surface area contributed by atoms with Crippen LogP contribution in [0.2, 0.25) is 0 Å². The molecule has 1 aromatic rings. The van der Waals surface area contributed by atoms with Gasteiger partial charge in [-0.25, -0.2) is 0 Å². The molecule has 0 spiro atoms. The normalized spacial score (nSPS) is 18.8. The minimum absolute atomic E-state index is 0.0883. The number of nitro groups is 1. The van der Waals surface area contributed by atoms with Crippen LogP contribution < -0.4 is 10.6 Å². The molecule has 2 N–H and O–H groups in total. The maximum Gasteiger partial charge on any atom is 0.369 e. The summed E-state index contributed by atoms with van der Waals surface area (Å²) in [5, 5.41) is 18.3. The fourth-order valence-corrected chi connectivity index (χ4v) is 3.25. The number of thiazole rings is 1. The van der Waals surface area contributed by atoms with Crippen LogP contribution in [-0.2, 0) is 0 Å². The van der Waals surface area contributed by atoms with Crippen LogP contribution in [0.15, 0.2) is 24.3 Å². The van der Waals surface area contributed by atoms with E-state index in [1.165, 1.54) is 0 Å². The molecular formula is C13H16N4O2S. The predicted molar refractivity (Wildman–Crippen MR) is 80.3 cm³/mol. The van der Waals surface area contributed by atoms with E-state index >= 15 is 0 Å². The summed E-state index contributed by atoms with van der Waals surface area (Å²) in [5.41, 5.74) is 0. The average Bonchev–Trinajstić information content (AvgIpc) is 3.12. The van der Waals surface area contributed by atoms with Gasteiger partial charge in [0, 0.05) is 12.1 Å². The lowest BCUT2D eigenvalue weighted by Gasteiger charge is -2.11. The first kappa shape index (κ1) is 13.1. The van der Waals surface area contributed by atoms with Gasteiger partial charge in [0.2, 0.25) is 5.82 Å². The molecule has 1 heterocycles. The summed E-state index contributed by atoms with van der Waals surface area (Å²) in [4.78, 5) is 15.1. The molecule has 0 bridgehead atoms. The first-order chi connectivity index (χ1) is 9.72. The SMILES string of the molecule is O=[N+]([O-])c1sc(NC2CC=CC2)nc1NC1CC=CC1. The summed E-state index contributed by atoms with van der Waals surface area (Å²) < 4.78 is 0. The van der Waals surface area contributed by atoms with Gasteiger partial charge in [-0.2, -0.15) is 4.98 Å². The molecule has 20 heavy (non-hydrogen) atoms. The summed E-state index contributed by atoms with van der Waals surface area (Å²) in [7, 11) is 0. The zero-order valence-electron chi connectivity index (χ0n) is 10.9. The van der Waals surface area contributed by atoms with Crippen LogP contribution in [0.4, 0.5) is 16.0 Å². The molecular weight excluding hydrogens is 276 g/mol. The Morgan fingerprint density at radius 3 is 2.20 bits per heavy atom. The Hall–Kier alpha value is -1.89. The van der Waals surface area contributed by atoms with Crippen LogP contribution in [0.5, 0.6) is 0 Å². The number of hydrogen-bond acceptors (Lipinski definition) is 6. The van der Waals surface area contributed by atoms with Crippen molar-refractivity contribution in [3.05, 3.63) is 34.4 Å². The van der Waals surface area contributed by atoms with Crippen LogP contribution in [0.25, 0.3) is 0 Å². The van der Waals surface area contributed by atoms with Crippen molar-refractivity contribution in [1.82, 2.24) is 4.98 Å². The van der Waals surface area contributed by atoms with Gasteiger partial charge in [0.1, 0.15) is 0 Å². The van der Waals surface area contributed by atoms with E-state index in [0.717, 1.165) is 37.0 Å². The highest BCUT2D eigenvalue weighted by Gasteiger charge is 2.25. The molecule has 2 aliphatic rings. The predicted octanol–water partition coefficient (Wildman–Crippen LogP) is 3.31. The van der Waals surface area contributed by atoms with Gasteiger partial charge in [0.15, 0.2) is 5.13 Å². The molecule has 0 aliphatic heterocycles. The summed E-state index contributed by atoms with van der Waals surface area (Å²) in [6, 6.07) is 0.526. The largest absolute Gasteiger partial charge is 0.369 e. The Morgan fingerprint density at radius 2 is 1.65 bits per heavy atom. The fourth-order valence-electron chi connectivity index (χ4n) is 2.43. The number of rotatable bonds is 5. The van der Waals surface area contributed by atoms with Gasteiger partial charge in [-0.1, -0.05) is 24.3 Å². The van der Waals surface area contributed by atoms with Crippen LogP contribution in [0, 0.1) is 10.1 Å². The number of nitrogens with one attached hydrogen (secondary N) is 2. The third-order valence-corrected chi connectivity index (χ3v) is 4.40. The lowest BCUT2D eigenvalue weighted by Crippen LogP contribution is -2.17. The van der Waals surface area contributed by atoms with Crippen molar-refractivity contribution in [2.75, 3.05) is 10.6 Å². The maximum absolute atomic E-state index is 11.1. The molecule has 3 rings (SSSR count). The molecule has 0 atom stereocenters. The van der Waals surface area contributed by atoms with Crippen LogP contribution >= 0.6 is 11.3 Å². The highest BCUT2D eigenvalue weighted by molar-refractivity contribution is 7.19. The Bertz CT molecular complexity index is 551. The third kappa shape index (κ3) is 2.82. The van der Waals surface area contributed by atoms with Crippen molar-refractivity contribution in [1.29, 1.82) is 0 Å². The highest BCUT2D eigenvalue weighted by atomic mass is 32.1. The standard InChI is InChI=1S/C13H16N4O2S/c18-17(19)12-11(14-9-5-1-2-6-9)16-13(20-12)15-10-7-3-4-8-10/h1-4,9-10,14H,5-8H2,(H,15,16). The topological polar surface area (TPSA) is 80.1 Å². The van der Waals surface area contributed by atoms with E-state index in [9.17, 15) is 10.1 Å². The molecule has 0 radical (unpaired) electrons. The smallest absolute Gasteiger partial charge is 0.360 e. The van der Waals surface area contributed by atoms with E-state index in [1.54, 1.807) is 0 Å². The van der Waals surface area contributed by atoms with Gasteiger partial charge in [0.25, 0.3) is 0 Å². The first-order valence-corrected chi connectivity index (χ1v) is 7.52. The van der Waals surface area contributed by atoms with E-state index in [2.05, 4.69) is 39.9 Å². The van der Waals surface area contributed by atoms with Crippen LogP contribution in [0.1, 0.15) is 25.7 Å². The van der Waals surface area contributed by atoms with Gasteiger partial charge in [0.05, 0.1) is 4.92 Å². The lowest BCUT2D eigenvalue weighted by atomic mass is 10.2. The van der Waals surface area contributed by atoms with E-state index in [1.807, 2.05) is 0 Å². The minimum Gasteiger partial charge on any atom is -0.360 e. The summed E-state index contributed by atoms with van der Waals surface area (Å²) in [5.74, 6) is 0.391. The molecule has 0 fully saturated rings. The van der Waals surface area contributed by atoms with Gasteiger partial charge >= 0.3 is 5.00 Å². The average molecular weight is 292 g/mol. The minimum atomic E-state index is -0.361. The molecule has 0 unspecified atom stereocenters. The van der Waals surface area contributed by atoms with Crippen molar-refractivity contribution in [2.24, 2.45) is 0 Å². The highest BCUT2D eigenvalue weighted by Crippen LogP contribution is 2.36. The molecule has 0 aromatic carbocycles. The Balaban J connectivity index is 1.73. The zero-order chi connectivity index (χ0) is 13.9. The monoisotopic (exact) mass is 292 g/mol. The number of hydrogen-bond donors (Lipinski definition) is 2. The molecule has 6 nitrogen and oxygen atoms in total. The molecule has 0 amide bonds. The number of nitrogens with zero attached hydrogens (tertiary/aromatic N) is 2. The maximum atomic E-state index is 11.1. The van der Waals surface area contributed by atoms with Gasteiger partial charge in [-0.15, -0.1) is 0 Å².